The molecule has 0 N–H and O–H groups in total. The first-order chi connectivity index (χ1) is 10.4. The number of ether oxygens (including phenoxy) is 6. The molecule has 0 aromatic heterocycles. The van der Waals surface area contributed by atoms with Crippen LogP contribution < -0.4 is 0 Å². The highest BCUT2D eigenvalue weighted by Gasteiger charge is 2.67. The molecule has 0 spiro atoms. The molecule has 0 aromatic carbocycles. The monoisotopic (exact) mass is 320 g/mol. The summed E-state index contributed by atoms with van der Waals surface area (Å²) in [6.45, 7) is 1.19. The summed E-state index contributed by atoms with van der Waals surface area (Å²) in [6, 6.07) is 0. The summed E-state index contributed by atoms with van der Waals surface area (Å²) in [4.78, 5) is 23.9. The second-order valence-electron chi connectivity index (χ2n) is 5.04. The summed E-state index contributed by atoms with van der Waals surface area (Å²) >= 11 is 0. The minimum Gasteiger partial charge on any atom is -0.469 e. The van der Waals surface area contributed by atoms with Gasteiger partial charge in [0.05, 0.1) is 13.7 Å². The van der Waals surface area contributed by atoms with Crippen LogP contribution in [0.3, 0.4) is 0 Å². The maximum absolute atomic E-state index is 12.3. The summed E-state index contributed by atoms with van der Waals surface area (Å²) in [5, 5.41) is 0. The summed E-state index contributed by atoms with van der Waals surface area (Å²) in [6.07, 6.45) is -2.10. The number of carbonyl (C=O) groups excluding carboxylic acids is 2. The molecule has 0 aliphatic heterocycles. The van der Waals surface area contributed by atoms with Crippen molar-refractivity contribution in [1.29, 1.82) is 0 Å². The number of carbonyl (C=O) groups is 2. The van der Waals surface area contributed by atoms with Crippen molar-refractivity contribution in [1.82, 2.24) is 0 Å². The molecule has 1 fully saturated rings. The van der Waals surface area contributed by atoms with Crippen LogP contribution in [-0.4, -0.2) is 78.0 Å². The van der Waals surface area contributed by atoms with Crippen LogP contribution in [0.15, 0.2) is 0 Å². The molecule has 0 aromatic rings. The lowest BCUT2D eigenvalue weighted by Gasteiger charge is -2.37. The third-order valence-corrected chi connectivity index (χ3v) is 3.92. The quantitative estimate of drug-likeness (QED) is 0.595. The Morgan fingerprint density at radius 2 is 1.55 bits per heavy atom. The lowest BCUT2D eigenvalue weighted by Crippen LogP contribution is -2.56. The molecule has 0 bridgehead atoms. The Morgan fingerprint density at radius 3 is 1.91 bits per heavy atom. The van der Waals surface area contributed by atoms with Crippen molar-refractivity contribution in [2.45, 2.75) is 30.8 Å². The van der Waals surface area contributed by atoms with E-state index < -0.39 is 41.8 Å². The minimum absolute atomic E-state index is 0.0649. The maximum atomic E-state index is 12.3. The lowest BCUT2D eigenvalue weighted by molar-refractivity contribution is -0.200. The fourth-order valence-electron chi connectivity index (χ4n) is 3.23. The number of esters is 2. The molecule has 0 heterocycles. The first-order valence-electron chi connectivity index (χ1n) is 6.78. The second kappa shape index (κ2) is 7.87. The molecule has 0 unspecified atom stereocenters. The molecule has 8 nitrogen and oxygen atoms in total. The van der Waals surface area contributed by atoms with Gasteiger partial charge in [-0.25, -0.2) is 0 Å². The van der Waals surface area contributed by atoms with Crippen molar-refractivity contribution in [3.05, 3.63) is 0 Å². The van der Waals surface area contributed by atoms with E-state index in [0.717, 1.165) is 0 Å². The standard InChI is InChI=1S/C14H24O8/c1-8(15)22-14(7-17-2)9(13(16)21-6)10(18-3)11(19-4)12(14)20-5/h9-12H,7H2,1-6H3/t9-,10+,11-,12+,14+/m1/s1. The summed E-state index contributed by atoms with van der Waals surface area (Å²) < 4.78 is 31.9. The Balaban J connectivity index is 3.45. The molecular weight excluding hydrogens is 296 g/mol. The molecule has 0 amide bonds. The largest absolute Gasteiger partial charge is 0.469 e. The van der Waals surface area contributed by atoms with Gasteiger partial charge in [-0.05, 0) is 0 Å². The Bertz CT molecular complexity index is 398. The Morgan fingerprint density at radius 1 is 0.955 bits per heavy atom. The topological polar surface area (TPSA) is 89.5 Å². The van der Waals surface area contributed by atoms with Crippen LogP contribution in [0.2, 0.25) is 0 Å². The van der Waals surface area contributed by atoms with Crippen LogP contribution >= 0.6 is 0 Å². The summed E-state index contributed by atoms with van der Waals surface area (Å²) in [7, 11) is 7.04. The van der Waals surface area contributed by atoms with E-state index in [4.69, 9.17) is 28.4 Å². The number of hydrogen-bond acceptors (Lipinski definition) is 8. The SMILES string of the molecule is COC[C@@]1(OC(C)=O)[C@@H](OC)[C@H](OC)[C@@H](OC)[C@@H]1C(=O)OC. The van der Waals surface area contributed by atoms with Crippen molar-refractivity contribution in [2.75, 3.05) is 42.2 Å². The van der Waals surface area contributed by atoms with Crippen LogP contribution in [0.5, 0.6) is 0 Å². The van der Waals surface area contributed by atoms with Gasteiger partial charge in [-0.1, -0.05) is 0 Å². The van der Waals surface area contributed by atoms with Gasteiger partial charge in [0.15, 0.2) is 5.60 Å². The van der Waals surface area contributed by atoms with Gasteiger partial charge >= 0.3 is 11.9 Å². The average molecular weight is 320 g/mol. The van der Waals surface area contributed by atoms with Gasteiger partial charge in [-0.3, -0.25) is 9.59 Å². The zero-order valence-corrected chi connectivity index (χ0v) is 13.8. The number of rotatable bonds is 7. The predicted octanol–water partition coefficient (Wildman–Crippen LogP) is -0.217. The van der Waals surface area contributed by atoms with Gasteiger partial charge in [0, 0.05) is 35.4 Å². The van der Waals surface area contributed by atoms with Gasteiger partial charge in [0.1, 0.15) is 24.2 Å². The molecule has 1 aliphatic carbocycles. The third kappa shape index (κ3) is 3.10. The van der Waals surface area contributed by atoms with E-state index in [9.17, 15) is 9.59 Å². The molecule has 1 saturated carbocycles. The van der Waals surface area contributed by atoms with E-state index in [1.54, 1.807) is 0 Å². The van der Waals surface area contributed by atoms with Crippen molar-refractivity contribution >= 4 is 11.9 Å². The van der Waals surface area contributed by atoms with Gasteiger partial charge < -0.3 is 28.4 Å². The Labute approximate surface area is 129 Å². The fraction of sp³-hybridized carbons (Fsp3) is 0.857. The van der Waals surface area contributed by atoms with E-state index in [1.165, 1.54) is 42.5 Å². The number of hydrogen-bond donors (Lipinski definition) is 0. The van der Waals surface area contributed by atoms with E-state index >= 15 is 0 Å². The minimum atomic E-state index is -1.40. The molecule has 128 valence electrons. The lowest BCUT2D eigenvalue weighted by atomic mass is 9.88. The van der Waals surface area contributed by atoms with Gasteiger partial charge in [-0.15, -0.1) is 0 Å². The highest BCUT2D eigenvalue weighted by atomic mass is 16.6. The van der Waals surface area contributed by atoms with Gasteiger partial charge in [-0.2, -0.15) is 0 Å². The van der Waals surface area contributed by atoms with Crippen LogP contribution in [0.4, 0.5) is 0 Å². The van der Waals surface area contributed by atoms with E-state index in [1.807, 2.05) is 0 Å². The summed E-state index contributed by atoms with van der Waals surface area (Å²) in [5.74, 6) is -2.10. The highest BCUT2D eigenvalue weighted by Crippen LogP contribution is 2.44. The molecule has 0 saturated heterocycles. The van der Waals surface area contributed by atoms with E-state index in [0.29, 0.717) is 0 Å². The number of methoxy groups -OCH3 is 5. The van der Waals surface area contributed by atoms with Crippen molar-refractivity contribution in [3.63, 3.8) is 0 Å². The van der Waals surface area contributed by atoms with Gasteiger partial charge in [0.2, 0.25) is 0 Å². The van der Waals surface area contributed by atoms with Crippen molar-refractivity contribution in [2.24, 2.45) is 5.92 Å². The first kappa shape index (κ1) is 18.8. The smallest absolute Gasteiger partial charge is 0.315 e. The zero-order chi connectivity index (χ0) is 16.9. The molecular formula is C14H24O8. The van der Waals surface area contributed by atoms with Crippen LogP contribution in [0.1, 0.15) is 6.92 Å². The molecule has 1 rings (SSSR count). The Kier molecular flexibility index (Phi) is 6.73. The van der Waals surface area contributed by atoms with Gasteiger partial charge in [0.25, 0.3) is 0 Å². The third-order valence-electron chi connectivity index (χ3n) is 3.92. The van der Waals surface area contributed by atoms with Crippen LogP contribution in [0.25, 0.3) is 0 Å². The molecule has 0 radical (unpaired) electrons. The van der Waals surface area contributed by atoms with Crippen LogP contribution in [0, 0.1) is 5.92 Å². The maximum Gasteiger partial charge on any atom is 0.315 e. The molecule has 5 atom stereocenters. The average Bonchev–Trinajstić information content (AvgIpc) is 2.74. The molecule has 1 aliphatic rings. The van der Waals surface area contributed by atoms with E-state index in [-0.39, 0.29) is 6.61 Å². The summed E-state index contributed by atoms with van der Waals surface area (Å²) in [5.41, 5.74) is -1.40. The van der Waals surface area contributed by atoms with Crippen LogP contribution in [-0.2, 0) is 38.0 Å². The highest BCUT2D eigenvalue weighted by molar-refractivity contribution is 5.77. The van der Waals surface area contributed by atoms with Crippen molar-refractivity contribution in [3.8, 4) is 0 Å². The van der Waals surface area contributed by atoms with E-state index in [2.05, 4.69) is 0 Å². The molecule has 8 heteroatoms. The zero-order valence-electron chi connectivity index (χ0n) is 13.8. The normalized spacial score (nSPS) is 34.5. The molecule has 22 heavy (non-hydrogen) atoms. The Hall–Kier alpha value is -1.22. The fourth-order valence-corrected chi connectivity index (χ4v) is 3.23. The van der Waals surface area contributed by atoms with Crippen molar-refractivity contribution < 1.29 is 38.0 Å². The first-order valence-corrected chi connectivity index (χ1v) is 6.78. The predicted molar refractivity (Wildman–Crippen MR) is 74.3 cm³/mol. The second-order valence-corrected chi connectivity index (χ2v) is 5.04.